The number of halogens is 1. The number of nitrogens with one attached hydrogen (secondary N) is 1. The summed E-state index contributed by atoms with van der Waals surface area (Å²) in [6, 6.07) is 6.48. The minimum Gasteiger partial charge on any atom is -0.465 e. The Labute approximate surface area is 173 Å². The number of anilines is 2. The van der Waals surface area contributed by atoms with Gasteiger partial charge >= 0.3 is 5.97 Å². The van der Waals surface area contributed by atoms with Crippen molar-refractivity contribution in [3.05, 3.63) is 59.3 Å². The molecule has 4 rings (SSSR count). The quantitative estimate of drug-likeness (QED) is 0.640. The normalized spacial score (nSPS) is 16.6. The number of ether oxygens (including phenoxy) is 3. The second-order valence-corrected chi connectivity index (χ2v) is 8.23. The fourth-order valence-corrected chi connectivity index (χ4v) is 3.42. The first-order chi connectivity index (χ1) is 14.3. The van der Waals surface area contributed by atoms with Crippen LogP contribution in [0.1, 0.15) is 41.6 Å². The lowest BCUT2D eigenvalue weighted by Gasteiger charge is -2.35. The molecule has 8 heteroatoms. The van der Waals surface area contributed by atoms with E-state index in [0.29, 0.717) is 30.1 Å². The van der Waals surface area contributed by atoms with Gasteiger partial charge in [0, 0.05) is 11.0 Å². The molecule has 1 aliphatic heterocycles. The van der Waals surface area contributed by atoms with Crippen molar-refractivity contribution < 1.29 is 23.4 Å². The van der Waals surface area contributed by atoms with Crippen molar-refractivity contribution in [1.29, 1.82) is 0 Å². The van der Waals surface area contributed by atoms with Gasteiger partial charge in [0.05, 0.1) is 37.7 Å². The molecule has 0 spiro atoms. The third kappa shape index (κ3) is 3.76. The Bertz CT molecular complexity index is 1100. The van der Waals surface area contributed by atoms with Gasteiger partial charge in [-0.05, 0) is 30.7 Å². The number of fused-ring (bicyclic) bond motifs is 1. The highest BCUT2D eigenvalue weighted by molar-refractivity contribution is 5.97. The van der Waals surface area contributed by atoms with Gasteiger partial charge in [-0.3, -0.25) is 4.40 Å². The van der Waals surface area contributed by atoms with Crippen LogP contribution in [-0.4, -0.2) is 35.7 Å². The van der Waals surface area contributed by atoms with E-state index in [1.165, 1.54) is 13.2 Å². The molecule has 1 saturated heterocycles. The van der Waals surface area contributed by atoms with E-state index in [4.69, 9.17) is 14.2 Å². The molecule has 3 heterocycles. The molecule has 2 aromatic heterocycles. The van der Waals surface area contributed by atoms with Gasteiger partial charge in [-0.25, -0.2) is 14.2 Å². The summed E-state index contributed by atoms with van der Waals surface area (Å²) >= 11 is 0. The van der Waals surface area contributed by atoms with Gasteiger partial charge in [-0.1, -0.05) is 19.9 Å². The smallest absolute Gasteiger partial charge is 0.341 e. The van der Waals surface area contributed by atoms with Crippen molar-refractivity contribution in [2.75, 3.05) is 25.6 Å². The van der Waals surface area contributed by atoms with Crippen LogP contribution < -0.4 is 5.32 Å². The number of nitrogens with zero attached hydrogens (tertiary/aromatic N) is 2. The molecule has 1 aliphatic rings. The minimum absolute atomic E-state index is 0.0946. The molecule has 0 atom stereocenters. The Hall–Kier alpha value is -2.97. The molecular weight excluding hydrogens is 389 g/mol. The molecule has 0 saturated carbocycles. The van der Waals surface area contributed by atoms with E-state index in [-0.39, 0.29) is 16.7 Å². The number of carbonyl (C=O) groups is 1. The molecule has 0 bridgehead atoms. The van der Waals surface area contributed by atoms with Crippen LogP contribution in [0.2, 0.25) is 0 Å². The average molecular weight is 413 g/mol. The minimum atomic E-state index is -0.647. The summed E-state index contributed by atoms with van der Waals surface area (Å²) in [5.74, 6) is -0.653. The summed E-state index contributed by atoms with van der Waals surface area (Å²) in [4.78, 5) is 16.8. The number of aromatic nitrogens is 2. The second-order valence-electron chi connectivity index (χ2n) is 8.23. The first-order valence-corrected chi connectivity index (χ1v) is 9.63. The molecule has 0 aliphatic carbocycles. The van der Waals surface area contributed by atoms with Crippen molar-refractivity contribution in [2.45, 2.75) is 27.1 Å². The van der Waals surface area contributed by atoms with Crippen molar-refractivity contribution in [3.8, 4) is 0 Å². The molecule has 1 fully saturated rings. The molecule has 0 amide bonds. The number of hydrogen-bond donors (Lipinski definition) is 1. The van der Waals surface area contributed by atoms with E-state index in [0.717, 1.165) is 5.56 Å². The van der Waals surface area contributed by atoms with Crippen LogP contribution >= 0.6 is 0 Å². The summed E-state index contributed by atoms with van der Waals surface area (Å²) in [6.07, 6.45) is 2.55. The maximum Gasteiger partial charge on any atom is 0.341 e. The molecule has 0 unspecified atom stereocenters. The summed E-state index contributed by atoms with van der Waals surface area (Å²) in [7, 11) is 1.30. The van der Waals surface area contributed by atoms with Crippen LogP contribution in [0.5, 0.6) is 0 Å². The first kappa shape index (κ1) is 20.3. The number of rotatable bonds is 4. The summed E-state index contributed by atoms with van der Waals surface area (Å²) < 4.78 is 33.0. The molecule has 3 aromatic rings. The Morgan fingerprint density at radius 3 is 2.70 bits per heavy atom. The molecule has 1 N–H and O–H groups in total. The van der Waals surface area contributed by atoms with Crippen molar-refractivity contribution in [2.24, 2.45) is 5.41 Å². The molecule has 30 heavy (non-hydrogen) atoms. The lowest BCUT2D eigenvalue weighted by Crippen LogP contribution is -2.34. The van der Waals surface area contributed by atoms with Gasteiger partial charge in [-0.15, -0.1) is 0 Å². The Kier molecular flexibility index (Phi) is 5.21. The van der Waals surface area contributed by atoms with E-state index < -0.39 is 18.1 Å². The van der Waals surface area contributed by atoms with Gasteiger partial charge < -0.3 is 19.5 Å². The predicted octanol–water partition coefficient (Wildman–Crippen LogP) is 4.38. The monoisotopic (exact) mass is 413 g/mol. The van der Waals surface area contributed by atoms with E-state index in [1.807, 2.05) is 0 Å². The number of methoxy groups -OCH3 is 1. The average Bonchev–Trinajstić information content (AvgIpc) is 3.19. The highest BCUT2D eigenvalue weighted by Crippen LogP contribution is 2.36. The number of carbonyl (C=O) groups excluding carboxylic acids is 1. The maximum absolute atomic E-state index is 14.5. The fourth-order valence-electron chi connectivity index (χ4n) is 3.42. The number of imidazole rings is 1. The number of hydrogen-bond acceptors (Lipinski definition) is 6. The van der Waals surface area contributed by atoms with Crippen LogP contribution in [0.25, 0.3) is 5.52 Å². The SMILES string of the molecule is COC(=O)c1cc(C2OCC(C)(C)CO2)c2cncn2c1Nc1ccc(C)cc1F. The number of aryl methyl sites for hydroxylation is 1. The van der Waals surface area contributed by atoms with E-state index in [9.17, 15) is 9.18 Å². The number of esters is 1. The largest absolute Gasteiger partial charge is 0.465 e. The van der Waals surface area contributed by atoms with Crippen molar-refractivity contribution >= 4 is 23.0 Å². The van der Waals surface area contributed by atoms with Crippen LogP contribution in [0.15, 0.2) is 36.8 Å². The summed E-state index contributed by atoms with van der Waals surface area (Å²) in [5, 5.41) is 3.02. The molecular formula is C22H24FN3O4. The summed E-state index contributed by atoms with van der Waals surface area (Å²) in [6.45, 7) is 6.95. The second kappa shape index (κ2) is 7.70. The van der Waals surface area contributed by atoms with Gasteiger partial charge in [0.15, 0.2) is 6.29 Å². The van der Waals surface area contributed by atoms with Crippen LogP contribution in [-0.2, 0) is 14.2 Å². The third-order valence-electron chi connectivity index (χ3n) is 5.02. The van der Waals surface area contributed by atoms with Crippen LogP contribution in [0, 0.1) is 18.2 Å². The van der Waals surface area contributed by atoms with Crippen molar-refractivity contribution in [1.82, 2.24) is 9.38 Å². The summed E-state index contributed by atoms with van der Waals surface area (Å²) in [5.41, 5.74) is 2.49. The third-order valence-corrected chi connectivity index (χ3v) is 5.02. The lowest BCUT2D eigenvalue weighted by molar-refractivity contribution is -0.225. The van der Waals surface area contributed by atoms with Gasteiger partial charge in [-0.2, -0.15) is 0 Å². The zero-order valence-electron chi connectivity index (χ0n) is 17.4. The van der Waals surface area contributed by atoms with Gasteiger partial charge in [0.2, 0.25) is 0 Å². The van der Waals surface area contributed by atoms with Gasteiger partial charge in [0.1, 0.15) is 23.5 Å². The van der Waals surface area contributed by atoms with E-state index in [2.05, 4.69) is 24.1 Å². The Balaban J connectivity index is 1.82. The maximum atomic E-state index is 14.5. The first-order valence-electron chi connectivity index (χ1n) is 9.63. The predicted molar refractivity (Wildman–Crippen MR) is 109 cm³/mol. The van der Waals surface area contributed by atoms with Crippen molar-refractivity contribution in [3.63, 3.8) is 0 Å². The molecule has 1 aromatic carbocycles. The van der Waals surface area contributed by atoms with E-state index >= 15 is 0 Å². The number of benzene rings is 1. The highest BCUT2D eigenvalue weighted by Gasteiger charge is 2.32. The fraction of sp³-hybridized carbons (Fsp3) is 0.364. The zero-order chi connectivity index (χ0) is 21.5. The molecule has 158 valence electrons. The Morgan fingerprint density at radius 2 is 2.03 bits per heavy atom. The topological polar surface area (TPSA) is 74.1 Å². The van der Waals surface area contributed by atoms with Gasteiger partial charge in [0.25, 0.3) is 0 Å². The van der Waals surface area contributed by atoms with Crippen LogP contribution in [0.4, 0.5) is 15.9 Å². The standard InChI is InChI=1S/C22H24FN3O4/c1-13-5-6-17(16(23)7-13)25-19-15(20(27)28-4)8-14(18-9-24-12-26(18)19)21-29-10-22(2,3)11-30-21/h5-9,12,21,25H,10-11H2,1-4H3. The highest BCUT2D eigenvalue weighted by atomic mass is 19.1. The zero-order valence-corrected chi connectivity index (χ0v) is 17.4. The molecule has 0 radical (unpaired) electrons. The molecule has 7 nitrogen and oxygen atoms in total. The lowest BCUT2D eigenvalue weighted by atomic mass is 9.95. The number of pyridine rings is 1. The van der Waals surface area contributed by atoms with E-state index in [1.54, 1.807) is 42.0 Å². The Morgan fingerprint density at radius 1 is 1.30 bits per heavy atom. The van der Waals surface area contributed by atoms with Crippen LogP contribution in [0.3, 0.4) is 0 Å².